The van der Waals surface area contributed by atoms with E-state index in [0.717, 1.165) is 4.31 Å². The fourth-order valence-electron chi connectivity index (χ4n) is 2.16. The molecule has 0 spiro atoms. The predicted molar refractivity (Wildman–Crippen MR) is 94.3 cm³/mol. The van der Waals surface area contributed by atoms with Crippen LogP contribution >= 0.6 is 23.2 Å². The Balaban J connectivity index is 2.44. The molecule has 128 valence electrons. The van der Waals surface area contributed by atoms with Crippen LogP contribution in [0.3, 0.4) is 0 Å². The van der Waals surface area contributed by atoms with Gasteiger partial charge in [-0.15, -0.1) is 0 Å². The molecule has 0 amide bonds. The zero-order chi connectivity index (χ0) is 17.7. The number of hydrogen-bond donors (Lipinski definition) is 1. The number of halogens is 2. The van der Waals surface area contributed by atoms with Crippen molar-refractivity contribution in [3.05, 3.63) is 58.6 Å². The van der Waals surface area contributed by atoms with E-state index in [1.807, 2.05) is 0 Å². The summed E-state index contributed by atoms with van der Waals surface area (Å²) in [5, 5.41) is 9.39. The first-order valence-corrected chi connectivity index (χ1v) is 9.26. The second-order valence-corrected chi connectivity index (χ2v) is 7.75. The van der Waals surface area contributed by atoms with Crippen molar-refractivity contribution < 1.29 is 18.3 Å². The molecule has 2 rings (SSSR count). The highest BCUT2D eigenvalue weighted by atomic mass is 35.5. The van der Waals surface area contributed by atoms with Gasteiger partial charge in [0, 0.05) is 23.0 Å². The number of anilines is 1. The summed E-state index contributed by atoms with van der Waals surface area (Å²) in [6, 6.07) is 12.4. The minimum Gasteiger partial charge on any atom is -0.481 e. The average Bonchev–Trinajstić information content (AvgIpc) is 2.51. The Morgan fingerprint density at radius 2 is 1.62 bits per heavy atom. The van der Waals surface area contributed by atoms with Crippen LogP contribution in [0.1, 0.15) is 12.8 Å². The van der Waals surface area contributed by atoms with Crippen molar-refractivity contribution in [3.8, 4) is 0 Å². The SMILES string of the molecule is O=C(O)CCCN(c1cc(Cl)cc(Cl)c1)S(=O)(=O)c1ccccc1. The second kappa shape index (κ2) is 7.88. The third-order valence-electron chi connectivity index (χ3n) is 3.22. The van der Waals surface area contributed by atoms with Gasteiger partial charge >= 0.3 is 5.97 Å². The van der Waals surface area contributed by atoms with Gasteiger partial charge in [-0.1, -0.05) is 41.4 Å². The van der Waals surface area contributed by atoms with Gasteiger partial charge in [0.2, 0.25) is 0 Å². The van der Waals surface area contributed by atoms with Gasteiger partial charge in [0.25, 0.3) is 10.0 Å². The minimum absolute atomic E-state index is 0.000197. The van der Waals surface area contributed by atoms with Crippen molar-refractivity contribution in [1.29, 1.82) is 0 Å². The molecule has 0 bridgehead atoms. The van der Waals surface area contributed by atoms with E-state index in [0.29, 0.717) is 15.7 Å². The molecule has 2 aromatic carbocycles. The molecule has 2 aromatic rings. The molecule has 0 aromatic heterocycles. The molecule has 1 N–H and O–H groups in total. The van der Waals surface area contributed by atoms with E-state index in [2.05, 4.69) is 0 Å². The van der Waals surface area contributed by atoms with Crippen molar-refractivity contribution in [3.63, 3.8) is 0 Å². The van der Waals surface area contributed by atoms with Gasteiger partial charge in [-0.3, -0.25) is 9.10 Å². The maximum Gasteiger partial charge on any atom is 0.303 e. The van der Waals surface area contributed by atoms with Gasteiger partial charge in [0.05, 0.1) is 10.6 Å². The monoisotopic (exact) mass is 387 g/mol. The fourth-order valence-corrected chi connectivity index (χ4v) is 4.19. The molecule has 0 unspecified atom stereocenters. The Morgan fingerprint density at radius 3 is 2.17 bits per heavy atom. The third-order valence-corrected chi connectivity index (χ3v) is 5.50. The molecular formula is C16H15Cl2NO4S. The summed E-state index contributed by atoms with van der Waals surface area (Å²) in [6.07, 6.45) is 0.0145. The smallest absolute Gasteiger partial charge is 0.303 e. The van der Waals surface area contributed by atoms with E-state index in [1.165, 1.54) is 30.3 Å². The number of sulfonamides is 1. The third kappa shape index (κ3) is 4.63. The Hall–Kier alpha value is -1.76. The van der Waals surface area contributed by atoms with Gasteiger partial charge in [-0.2, -0.15) is 0 Å². The molecule has 0 aliphatic rings. The number of hydrogen-bond acceptors (Lipinski definition) is 3. The molecule has 0 aliphatic carbocycles. The lowest BCUT2D eigenvalue weighted by Crippen LogP contribution is -2.32. The van der Waals surface area contributed by atoms with Gasteiger partial charge in [0.1, 0.15) is 0 Å². The Morgan fingerprint density at radius 1 is 1.04 bits per heavy atom. The lowest BCUT2D eigenvalue weighted by atomic mass is 10.3. The summed E-state index contributed by atoms with van der Waals surface area (Å²) in [6.45, 7) is 0.000197. The van der Waals surface area contributed by atoms with Crippen molar-refractivity contribution in [2.45, 2.75) is 17.7 Å². The molecule has 24 heavy (non-hydrogen) atoms. The van der Waals surface area contributed by atoms with Crippen LogP contribution in [0.5, 0.6) is 0 Å². The first kappa shape index (κ1) is 18.6. The molecule has 5 nitrogen and oxygen atoms in total. The molecule has 0 heterocycles. The fraction of sp³-hybridized carbons (Fsp3) is 0.188. The number of rotatable bonds is 7. The summed E-state index contributed by atoms with van der Waals surface area (Å²) in [5.74, 6) is -0.990. The van der Waals surface area contributed by atoms with Crippen LogP contribution in [0, 0.1) is 0 Å². The maximum absolute atomic E-state index is 12.9. The molecule has 0 radical (unpaired) electrons. The zero-order valence-electron chi connectivity index (χ0n) is 12.5. The Bertz CT molecular complexity index is 805. The molecule has 8 heteroatoms. The van der Waals surface area contributed by atoms with Crippen LogP contribution in [-0.4, -0.2) is 26.0 Å². The van der Waals surface area contributed by atoms with Crippen molar-refractivity contribution >= 4 is 44.9 Å². The Kier molecular flexibility index (Phi) is 6.10. The summed E-state index contributed by atoms with van der Waals surface area (Å²) in [4.78, 5) is 10.8. The molecule has 0 atom stereocenters. The van der Waals surface area contributed by atoms with Crippen LogP contribution in [0.2, 0.25) is 10.0 Å². The van der Waals surface area contributed by atoms with Gasteiger partial charge in [-0.05, 0) is 36.8 Å². The quantitative estimate of drug-likeness (QED) is 0.777. The number of carboxylic acid groups (broad SMARTS) is 1. The molecule has 0 saturated heterocycles. The number of carbonyl (C=O) groups is 1. The lowest BCUT2D eigenvalue weighted by molar-refractivity contribution is -0.137. The van der Waals surface area contributed by atoms with Crippen LogP contribution in [0.25, 0.3) is 0 Å². The maximum atomic E-state index is 12.9. The van der Waals surface area contributed by atoms with Crippen molar-refractivity contribution in [2.24, 2.45) is 0 Å². The zero-order valence-corrected chi connectivity index (χ0v) is 14.9. The average molecular weight is 388 g/mol. The highest BCUT2D eigenvalue weighted by Gasteiger charge is 2.25. The van der Waals surface area contributed by atoms with Crippen LogP contribution in [0.15, 0.2) is 53.4 Å². The molecule has 0 fully saturated rings. The second-order valence-electron chi connectivity index (χ2n) is 5.02. The van der Waals surface area contributed by atoms with E-state index in [4.69, 9.17) is 28.3 Å². The van der Waals surface area contributed by atoms with E-state index >= 15 is 0 Å². The molecule has 0 aliphatic heterocycles. The Labute approximate surface area is 150 Å². The summed E-state index contributed by atoms with van der Waals surface area (Å²) in [7, 11) is -3.86. The molecule has 0 saturated carbocycles. The number of aliphatic carboxylic acids is 1. The lowest BCUT2D eigenvalue weighted by Gasteiger charge is -2.24. The standard InChI is InChI=1S/C16H15Cl2NO4S/c17-12-9-13(18)11-14(10-12)19(8-4-7-16(20)21)24(22,23)15-5-2-1-3-6-15/h1-3,5-6,9-11H,4,7-8H2,(H,20,21). The number of carboxylic acids is 1. The van der Waals surface area contributed by atoms with Crippen LogP contribution in [-0.2, 0) is 14.8 Å². The highest BCUT2D eigenvalue weighted by Crippen LogP contribution is 2.30. The first-order chi connectivity index (χ1) is 11.3. The van der Waals surface area contributed by atoms with E-state index in [9.17, 15) is 13.2 Å². The normalized spacial score (nSPS) is 11.2. The number of benzene rings is 2. The minimum atomic E-state index is -3.86. The van der Waals surface area contributed by atoms with Crippen molar-refractivity contribution in [2.75, 3.05) is 10.8 Å². The summed E-state index contributed by atoms with van der Waals surface area (Å²) in [5.41, 5.74) is 0.293. The summed E-state index contributed by atoms with van der Waals surface area (Å²) >= 11 is 11.9. The van der Waals surface area contributed by atoms with Crippen LogP contribution < -0.4 is 4.31 Å². The largest absolute Gasteiger partial charge is 0.481 e. The highest BCUT2D eigenvalue weighted by molar-refractivity contribution is 7.92. The number of nitrogens with zero attached hydrogens (tertiary/aromatic N) is 1. The summed E-state index contributed by atoms with van der Waals surface area (Å²) < 4.78 is 27.0. The van der Waals surface area contributed by atoms with Gasteiger partial charge in [-0.25, -0.2) is 8.42 Å². The predicted octanol–water partition coefficient (Wildman–Crippen LogP) is 4.05. The van der Waals surface area contributed by atoms with Gasteiger partial charge < -0.3 is 5.11 Å². The van der Waals surface area contributed by atoms with E-state index in [-0.39, 0.29) is 24.3 Å². The van der Waals surface area contributed by atoms with Crippen LogP contribution in [0.4, 0.5) is 5.69 Å². The topological polar surface area (TPSA) is 74.7 Å². The first-order valence-electron chi connectivity index (χ1n) is 7.06. The van der Waals surface area contributed by atoms with Gasteiger partial charge in [0.15, 0.2) is 0 Å². The molecular weight excluding hydrogens is 373 g/mol. The van der Waals surface area contributed by atoms with E-state index < -0.39 is 16.0 Å². The van der Waals surface area contributed by atoms with Crippen molar-refractivity contribution in [1.82, 2.24) is 0 Å². The van der Waals surface area contributed by atoms with E-state index in [1.54, 1.807) is 18.2 Å².